The number of rotatable bonds is 6. The Morgan fingerprint density at radius 1 is 1.48 bits per heavy atom. The summed E-state index contributed by atoms with van der Waals surface area (Å²) in [5.41, 5.74) is 1.23. The lowest BCUT2D eigenvalue weighted by molar-refractivity contribution is -0.0503. The maximum absolute atomic E-state index is 12.4. The van der Waals surface area contributed by atoms with E-state index in [1.807, 2.05) is 0 Å². The van der Waals surface area contributed by atoms with Crippen LogP contribution in [-0.2, 0) is 19.4 Å². The number of hydrogen-bond donors (Lipinski definition) is 1. The third-order valence-electron chi connectivity index (χ3n) is 2.80. The number of ether oxygens (including phenoxy) is 1. The van der Waals surface area contributed by atoms with Crippen molar-refractivity contribution in [2.24, 2.45) is 7.05 Å². The molecule has 0 unspecified atom stereocenters. The zero-order valence-corrected chi connectivity index (χ0v) is 12.7. The Bertz CT molecular complexity index is 622. The van der Waals surface area contributed by atoms with E-state index in [0.29, 0.717) is 27.2 Å². The fourth-order valence-electron chi connectivity index (χ4n) is 1.72. The number of aliphatic hydroxyl groups is 1. The van der Waals surface area contributed by atoms with E-state index in [4.69, 9.17) is 16.7 Å². The molecular weight excluding hydrogens is 322 g/mol. The highest BCUT2D eigenvalue weighted by atomic mass is 35.5. The van der Waals surface area contributed by atoms with Crippen molar-refractivity contribution >= 4 is 23.4 Å². The molecule has 0 fully saturated rings. The van der Waals surface area contributed by atoms with Crippen LogP contribution in [0.1, 0.15) is 11.3 Å². The molecule has 2 rings (SSSR count). The Labute approximate surface area is 129 Å². The monoisotopic (exact) mass is 334 g/mol. The molecule has 114 valence electrons. The average molecular weight is 335 g/mol. The van der Waals surface area contributed by atoms with Crippen LogP contribution in [0.4, 0.5) is 8.78 Å². The number of nitrogens with zero attached hydrogens (tertiary/aromatic N) is 2. The highest BCUT2D eigenvalue weighted by Crippen LogP contribution is 2.30. The van der Waals surface area contributed by atoms with Crippen LogP contribution in [0.25, 0.3) is 0 Å². The van der Waals surface area contributed by atoms with Crippen molar-refractivity contribution in [1.82, 2.24) is 9.55 Å². The first-order valence-corrected chi connectivity index (χ1v) is 7.35. The van der Waals surface area contributed by atoms with Gasteiger partial charge in [-0.3, -0.25) is 0 Å². The molecule has 8 heteroatoms. The van der Waals surface area contributed by atoms with E-state index < -0.39 is 6.61 Å². The van der Waals surface area contributed by atoms with Crippen LogP contribution in [0, 0.1) is 0 Å². The first-order chi connectivity index (χ1) is 10.0. The third-order valence-corrected chi connectivity index (χ3v) is 4.13. The van der Waals surface area contributed by atoms with Gasteiger partial charge in [-0.2, -0.15) is 8.78 Å². The molecule has 0 spiro atoms. The van der Waals surface area contributed by atoms with Crippen LogP contribution in [-0.4, -0.2) is 21.3 Å². The van der Waals surface area contributed by atoms with Gasteiger partial charge in [-0.25, -0.2) is 4.98 Å². The second-order valence-corrected chi connectivity index (χ2v) is 5.55. The molecule has 21 heavy (non-hydrogen) atoms. The number of aliphatic hydroxyl groups excluding tert-OH is 1. The predicted octanol–water partition coefficient (Wildman–Crippen LogP) is 3.46. The molecule has 0 atom stereocenters. The lowest BCUT2D eigenvalue weighted by atomic mass is 10.2. The fraction of sp³-hybridized carbons (Fsp3) is 0.308. The van der Waals surface area contributed by atoms with Crippen molar-refractivity contribution in [3.63, 3.8) is 0 Å². The first-order valence-electron chi connectivity index (χ1n) is 5.98. The lowest BCUT2D eigenvalue weighted by Crippen LogP contribution is -2.04. The molecule has 1 N–H and O–H groups in total. The molecule has 2 aromatic rings. The predicted molar refractivity (Wildman–Crippen MR) is 76.8 cm³/mol. The molecular formula is C13H13ClF2N2O2S. The average Bonchev–Trinajstić information content (AvgIpc) is 2.79. The van der Waals surface area contributed by atoms with Crippen molar-refractivity contribution in [3.8, 4) is 5.75 Å². The Kier molecular flexibility index (Phi) is 5.44. The van der Waals surface area contributed by atoms with Gasteiger partial charge < -0.3 is 14.4 Å². The smallest absolute Gasteiger partial charge is 0.387 e. The number of benzene rings is 1. The Balaban J connectivity index is 2.14. The van der Waals surface area contributed by atoms with E-state index >= 15 is 0 Å². The summed E-state index contributed by atoms with van der Waals surface area (Å²) in [4.78, 5) is 4.16. The summed E-state index contributed by atoms with van der Waals surface area (Å²) >= 11 is 7.23. The summed E-state index contributed by atoms with van der Waals surface area (Å²) in [5, 5.41) is 10.2. The van der Waals surface area contributed by atoms with Gasteiger partial charge in [0.15, 0.2) is 5.16 Å². The van der Waals surface area contributed by atoms with Crippen LogP contribution >= 0.6 is 23.4 Å². The molecule has 0 aliphatic heterocycles. The van der Waals surface area contributed by atoms with Gasteiger partial charge in [0.05, 0.1) is 18.5 Å². The summed E-state index contributed by atoms with van der Waals surface area (Å²) < 4.78 is 31.0. The number of hydrogen-bond acceptors (Lipinski definition) is 4. The standard InChI is InChI=1S/C13H13ClF2N2O2S/c1-18-10(6-19)5-17-13(18)21-7-8-4-9(14)2-3-11(8)20-12(15)16/h2-5,12,19H,6-7H2,1H3. The summed E-state index contributed by atoms with van der Waals surface area (Å²) in [7, 11) is 1.77. The van der Waals surface area contributed by atoms with Crippen LogP contribution in [0.2, 0.25) is 5.02 Å². The van der Waals surface area contributed by atoms with Crippen LogP contribution in [0.5, 0.6) is 5.75 Å². The minimum atomic E-state index is -2.89. The third kappa shape index (κ3) is 4.09. The maximum atomic E-state index is 12.4. The molecule has 0 aliphatic rings. The molecule has 1 aromatic heterocycles. The van der Waals surface area contributed by atoms with Crippen molar-refractivity contribution in [2.75, 3.05) is 0 Å². The van der Waals surface area contributed by atoms with Gasteiger partial charge >= 0.3 is 6.61 Å². The van der Waals surface area contributed by atoms with Gasteiger partial charge in [-0.1, -0.05) is 23.4 Å². The van der Waals surface area contributed by atoms with E-state index in [1.165, 1.54) is 23.9 Å². The summed E-state index contributed by atoms with van der Waals surface area (Å²) in [5.74, 6) is 0.469. The summed E-state index contributed by atoms with van der Waals surface area (Å²) in [6.07, 6.45) is 1.57. The number of thioether (sulfide) groups is 1. The van der Waals surface area contributed by atoms with Gasteiger partial charge in [0.2, 0.25) is 0 Å². The lowest BCUT2D eigenvalue weighted by Gasteiger charge is -2.11. The fourth-order valence-corrected chi connectivity index (χ4v) is 2.86. The highest BCUT2D eigenvalue weighted by Gasteiger charge is 2.12. The second kappa shape index (κ2) is 7.11. The minimum Gasteiger partial charge on any atom is -0.435 e. The van der Waals surface area contributed by atoms with Gasteiger partial charge in [0.25, 0.3) is 0 Å². The second-order valence-electron chi connectivity index (χ2n) is 4.17. The van der Waals surface area contributed by atoms with Crippen molar-refractivity contribution in [1.29, 1.82) is 0 Å². The molecule has 0 bridgehead atoms. The van der Waals surface area contributed by atoms with E-state index in [9.17, 15) is 8.78 Å². The number of halogens is 3. The Hall–Kier alpha value is -1.31. The zero-order valence-electron chi connectivity index (χ0n) is 11.1. The maximum Gasteiger partial charge on any atom is 0.387 e. The van der Waals surface area contributed by atoms with Gasteiger partial charge in [-0.05, 0) is 18.2 Å². The highest BCUT2D eigenvalue weighted by molar-refractivity contribution is 7.98. The van der Waals surface area contributed by atoms with E-state index in [-0.39, 0.29) is 12.4 Å². The first kappa shape index (κ1) is 16.1. The summed E-state index contributed by atoms with van der Waals surface area (Å²) in [6, 6.07) is 4.50. The van der Waals surface area contributed by atoms with Crippen molar-refractivity contribution in [3.05, 3.63) is 40.7 Å². The molecule has 1 aromatic carbocycles. The largest absolute Gasteiger partial charge is 0.435 e. The minimum absolute atomic E-state index is 0.0958. The SMILES string of the molecule is Cn1c(CO)cnc1SCc1cc(Cl)ccc1OC(F)F. The number of alkyl halides is 2. The van der Waals surface area contributed by atoms with Gasteiger partial charge in [0.1, 0.15) is 5.75 Å². The normalized spacial score (nSPS) is 11.1. The number of aromatic nitrogens is 2. The van der Waals surface area contributed by atoms with Crippen LogP contribution in [0.15, 0.2) is 29.6 Å². The van der Waals surface area contributed by atoms with E-state index in [1.54, 1.807) is 23.9 Å². The number of imidazole rings is 1. The topological polar surface area (TPSA) is 47.3 Å². The zero-order chi connectivity index (χ0) is 15.4. The molecule has 4 nitrogen and oxygen atoms in total. The van der Waals surface area contributed by atoms with Crippen LogP contribution < -0.4 is 4.74 Å². The van der Waals surface area contributed by atoms with Crippen molar-refractivity contribution in [2.45, 2.75) is 24.1 Å². The molecule has 0 aliphatic carbocycles. The molecule has 1 heterocycles. The van der Waals surface area contributed by atoms with Crippen molar-refractivity contribution < 1.29 is 18.6 Å². The van der Waals surface area contributed by atoms with Gasteiger partial charge in [-0.15, -0.1) is 0 Å². The quantitative estimate of drug-likeness (QED) is 0.822. The van der Waals surface area contributed by atoms with Gasteiger partial charge in [0, 0.05) is 23.4 Å². The van der Waals surface area contributed by atoms with Crippen LogP contribution in [0.3, 0.4) is 0 Å². The summed E-state index contributed by atoms with van der Waals surface area (Å²) in [6.45, 7) is -3.00. The Morgan fingerprint density at radius 2 is 2.24 bits per heavy atom. The van der Waals surface area contributed by atoms with E-state index in [2.05, 4.69) is 9.72 Å². The molecule has 0 saturated heterocycles. The molecule has 0 amide bonds. The molecule has 0 saturated carbocycles. The Morgan fingerprint density at radius 3 is 2.86 bits per heavy atom. The van der Waals surface area contributed by atoms with E-state index in [0.717, 1.165) is 0 Å². The molecule has 0 radical (unpaired) electrons.